The number of allylic oxidation sites excluding steroid dienone is 2. The standard InChI is InChI=1S/C6H11.Y/c1-3-5-6-4-2;/h5H,3-4H2,1-2H3;/q-1;. The van der Waals surface area contributed by atoms with Crippen LogP contribution in [0.2, 0.25) is 0 Å². The SMILES string of the molecule is CC[C-]=CCC.[Y]. The van der Waals surface area contributed by atoms with Crippen molar-refractivity contribution in [2.45, 2.75) is 26.7 Å². The van der Waals surface area contributed by atoms with Gasteiger partial charge in [-0.05, 0) is 0 Å². The Balaban J connectivity index is 0. The minimum atomic E-state index is 0. The van der Waals surface area contributed by atoms with Crippen molar-refractivity contribution in [2.24, 2.45) is 0 Å². The van der Waals surface area contributed by atoms with Gasteiger partial charge < -0.3 is 6.08 Å². The predicted octanol–water partition coefficient (Wildman–Crippen LogP) is 2.16. The fraction of sp³-hybridized carbons (Fsp3) is 0.667. The van der Waals surface area contributed by atoms with E-state index in [0.717, 1.165) is 12.8 Å². The number of rotatable bonds is 2. The van der Waals surface area contributed by atoms with E-state index in [1.807, 2.05) is 0 Å². The largest absolute Gasteiger partial charge is 0.501 e. The average Bonchev–Trinajstić information content (AvgIpc) is 1.61. The summed E-state index contributed by atoms with van der Waals surface area (Å²) in [6.07, 6.45) is 7.30. The van der Waals surface area contributed by atoms with E-state index in [9.17, 15) is 0 Å². The third-order valence-electron chi connectivity index (χ3n) is 0.553. The molecule has 0 aliphatic heterocycles. The Morgan fingerprint density at radius 2 is 2.00 bits per heavy atom. The zero-order valence-electron chi connectivity index (χ0n) is 5.07. The summed E-state index contributed by atoms with van der Waals surface area (Å²) in [5.41, 5.74) is 0. The van der Waals surface area contributed by atoms with Crippen LogP contribution >= 0.6 is 0 Å². The van der Waals surface area contributed by atoms with Gasteiger partial charge in [-0.1, -0.05) is 20.3 Å². The Kier molecular flexibility index (Phi) is 15.3. The van der Waals surface area contributed by atoms with Crippen LogP contribution in [0.25, 0.3) is 0 Å². The van der Waals surface area contributed by atoms with Gasteiger partial charge in [0.05, 0.1) is 0 Å². The predicted molar refractivity (Wildman–Crippen MR) is 28.4 cm³/mol. The van der Waals surface area contributed by atoms with Crippen LogP contribution < -0.4 is 0 Å². The molecule has 0 aromatic heterocycles. The van der Waals surface area contributed by atoms with Gasteiger partial charge >= 0.3 is 0 Å². The molecule has 0 heterocycles. The number of hydrogen-bond donors (Lipinski definition) is 0. The fourth-order valence-corrected chi connectivity index (χ4v) is 0.289. The molecule has 0 saturated carbocycles. The molecule has 0 fully saturated rings. The van der Waals surface area contributed by atoms with E-state index in [-0.39, 0.29) is 32.7 Å². The van der Waals surface area contributed by atoms with Gasteiger partial charge in [0, 0.05) is 32.7 Å². The van der Waals surface area contributed by atoms with E-state index in [1.54, 1.807) is 0 Å². The second kappa shape index (κ2) is 9.96. The first-order chi connectivity index (χ1) is 2.91. The minimum absolute atomic E-state index is 0. The van der Waals surface area contributed by atoms with Crippen molar-refractivity contribution in [1.29, 1.82) is 0 Å². The van der Waals surface area contributed by atoms with Gasteiger partial charge in [-0.3, -0.25) is 6.08 Å². The molecule has 7 heavy (non-hydrogen) atoms. The molecule has 0 aliphatic rings. The molecule has 0 N–H and O–H groups in total. The van der Waals surface area contributed by atoms with E-state index < -0.39 is 0 Å². The first kappa shape index (κ1) is 10.8. The van der Waals surface area contributed by atoms with Crippen LogP contribution in [0.1, 0.15) is 26.7 Å². The summed E-state index contributed by atoms with van der Waals surface area (Å²) in [5, 5.41) is 0. The van der Waals surface area contributed by atoms with Crippen LogP contribution in [-0.4, -0.2) is 0 Å². The van der Waals surface area contributed by atoms with E-state index in [0.29, 0.717) is 0 Å². The zero-order valence-corrected chi connectivity index (χ0v) is 7.91. The van der Waals surface area contributed by atoms with E-state index in [2.05, 4.69) is 26.0 Å². The molecule has 0 unspecified atom stereocenters. The second-order valence-electron chi connectivity index (χ2n) is 1.17. The van der Waals surface area contributed by atoms with Gasteiger partial charge in [0.15, 0.2) is 0 Å². The molecule has 0 nitrogen and oxygen atoms in total. The van der Waals surface area contributed by atoms with Crippen molar-refractivity contribution >= 4 is 0 Å². The molecule has 1 radical (unpaired) electrons. The third-order valence-corrected chi connectivity index (χ3v) is 0.553. The molecule has 0 bridgehead atoms. The van der Waals surface area contributed by atoms with Gasteiger partial charge in [0.2, 0.25) is 0 Å². The summed E-state index contributed by atoms with van der Waals surface area (Å²) < 4.78 is 0. The number of hydrogen-bond acceptors (Lipinski definition) is 0. The molecular weight excluding hydrogens is 161 g/mol. The van der Waals surface area contributed by atoms with Gasteiger partial charge in [-0.2, -0.15) is 6.42 Å². The summed E-state index contributed by atoms with van der Waals surface area (Å²) in [6, 6.07) is 0. The van der Waals surface area contributed by atoms with Gasteiger partial charge in [0.1, 0.15) is 0 Å². The fourth-order valence-electron chi connectivity index (χ4n) is 0.289. The maximum absolute atomic E-state index is 3.07. The molecule has 0 rings (SSSR count). The van der Waals surface area contributed by atoms with Crippen molar-refractivity contribution in [1.82, 2.24) is 0 Å². The van der Waals surface area contributed by atoms with Gasteiger partial charge in [-0.15, -0.1) is 0 Å². The summed E-state index contributed by atoms with van der Waals surface area (Å²) in [5.74, 6) is 0. The van der Waals surface area contributed by atoms with Crippen LogP contribution in [0, 0.1) is 6.08 Å². The zero-order chi connectivity index (χ0) is 4.83. The summed E-state index contributed by atoms with van der Waals surface area (Å²) in [4.78, 5) is 0. The van der Waals surface area contributed by atoms with Crippen molar-refractivity contribution in [3.05, 3.63) is 12.2 Å². The maximum Gasteiger partial charge on any atom is 0 e. The molecule has 0 aliphatic carbocycles. The minimum Gasteiger partial charge on any atom is -0.501 e. The first-order valence-electron chi connectivity index (χ1n) is 2.46. The average molecular weight is 172 g/mol. The molecule has 39 valence electrons. The molecule has 0 saturated heterocycles. The Bertz CT molecular complexity index is 33.4. The smallest absolute Gasteiger partial charge is 0 e. The first-order valence-corrected chi connectivity index (χ1v) is 2.46. The summed E-state index contributed by atoms with van der Waals surface area (Å²) >= 11 is 0. The molecular formula is C6H11Y-. The van der Waals surface area contributed by atoms with Gasteiger partial charge in [0.25, 0.3) is 0 Å². The topological polar surface area (TPSA) is 0 Å². The van der Waals surface area contributed by atoms with Crippen LogP contribution in [0.3, 0.4) is 0 Å². The summed E-state index contributed by atoms with van der Waals surface area (Å²) in [7, 11) is 0. The van der Waals surface area contributed by atoms with E-state index in [1.165, 1.54) is 0 Å². The summed E-state index contributed by atoms with van der Waals surface area (Å²) in [6.45, 7) is 4.20. The molecule has 0 aromatic rings. The van der Waals surface area contributed by atoms with Crippen LogP contribution in [0.5, 0.6) is 0 Å². The van der Waals surface area contributed by atoms with Crippen molar-refractivity contribution in [2.75, 3.05) is 0 Å². The normalized spacial score (nSPS) is 8.86. The molecule has 0 aromatic carbocycles. The van der Waals surface area contributed by atoms with Crippen molar-refractivity contribution < 1.29 is 32.7 Å². The third kappa shape index (κ3) is 10.9. The Hall–Kier alpha value is 0.844. The Morgan fingerprint density at radius 3 is 2.14 bits per heavy atom. The van der Waals surface area contributed by atoms with Crippen molar-refractivity contribution in [3.63, 3.8) is 0 Å². The van der Waals surface area contributed by atoms with Crippen LogP contribution in [0.4, 0.5) is 0 Å². The van der Waals surface area contributed by atoms with E-state index in [4.69, 9.17) is 0 Å². The molecule has 1 heteroatoms. The second-order valence-corrected chi connectivity index (χ2v) is 1.17. The quantitative estimate of drug-likeness (QED) is 0.560. The molecule has 0 atom stereocenters. The maximum atomic E-state index is 3.07. The Morgan fingerprint density at radius 1 is 1.43 bits per heavy atom. The molecule has 0 spiro atoms. The Labute approximate surface area is 71.3 Å². The monoisotopic (exact) mass is 172 g/mol. The van der Waals surface area contributed by atoms with Crippen LogP contribution in [0.15, 0.2) is 6.08 Å². The van der Waals surface area contributed by atoms with Crippen molar-refractivity contribution in [3.8, 4) is 0 Å². The van der Waals surface area contributed by atoms with Gasteiger partial charge in [-0.25, -0.2) is 0 Å². The molecule has 0 amide bonds. The van der Waals surface area contributed by atoms with E-state index >= 15 is 0 Å². The van der Waals surface area contributed by atoms with Crippen LogP contribution in [-0.2, 0) is 32.7 Å².